The SMILES string of the molecule is Cc1cccc(OCCn2cncc2C2CCNCC2)c1. The number of ether oxygens (including phenoxy) is 1. The summed E-state index contributed by atoms with van der Waals surface area (Å²) < 4.78 is 8.08. The molecule has 1 N–H and O–H groups in total. The number of nitrogens with zero attached hydrogens (tertiary/aromatic N) is 2. The third-order valence-electron chi connectivity index (χ3n) is 4.09. The van der Waals surface area contributed by atoms with Gasteiger partial charge in [-0.3, -0.25) is 0 Å². The molecule has 0 atom stereocenters. The van der Waals surface area contributed by atoms with Gasteiger partial charge >= 0.3 is 0 Å². The summed E-state index contributed by atoms with van der Waals surface area (Å²) in [5, 5.41) is 3.41. The third kappa shape index (κ3) is 3.64. The first kappa shape index (κ1) is 14.1. The van der Waals surface area contributed by atoms with Gasteiger partial charge in [-0.2, -0.15) is 0 Å². The molecule has 112 valence electrons. The molecule has 1 aromatic carbocycles. The van der Waals surface area contributed by atoms with Gasteiger partial charge in [-0.15, -0.1) is 0 Å². The zero-order valence-electron chi connectivity index (χ0n) is 12.6. The zero-order valence-corrected chi connectivity index (χ0v) is 12.6. The van der Waals surface area contributed by atoms with Crippen LogP contribution in [0.2, 0.25) is 0 Å². The van der Waals surface area contributed by atoms with Crippen molar-refractivity contribution in [2.24, 2.45) is 0 Å². The van der Waals surface area contributed by atoms with Gasteiger partial charge in [0.25, 0.3) is 0 Å². The van der Waals surface area contributed by atoms with Crippen LogP contribution in [0.5, 0.6) is 5.75 Å². The fraction of sp³-hybridized carbons (Fsp3) is 0.471. The van der Waals surface area contributed by atoms with Gasteiger partial charge in [0.05, 0.1) is 12.9 Å². The smallest absolute Gasteiger partial charge is 0.119 e. The number of hydrogen-bond donors (Lipinski definition) is 1. The van der Waals surface area contributed by atoms with E-state index < -0.39 is 0 Å². The van der Waals surface area contributed by atoms with E-state index in [4.69, 9.17) is 4.74 Å². The summed E-state index contributed by atoms with van der Waals surface area (Å²) in [4.78, 5) is 4.32. The first-order chi connectivity index (χ1) is 10.3. The van der Waals surface area contributed by atoms with Gasteiger partial charge in [0.15, 0.2) is 0 Å². The monoisotopic (exact) mass is 285 g/mol. The second kappa shape index (κ2) is 6.76. The lowest BCUT2D eigenvalue weighted by Crippen LogP contribution is -2.28. The molecule has 0 spiro atoms. The van der Waals surface area contributed by atoms with Crippen molar-refractivity contribution in [2.45, 2.75) is 32.2 Å². The number of imidazole rings is 1. The summed E-state index contributed by atoms with van der Waals surface area (Å²) in [6.45, 7) is 5.83. The maximum atomic E-state index is 5.84. The maximum Gasteiger partial charge on any atom is 0.119 e. The molecule has 0 amide bonds. The van der Waals surface area contributed by atoms with E-state index in [-0.39, 0.29) is 0 Å². The molecule has 1 fully saturated rings. The van der Waals surface area contributed by atoms with Gasteiger partial charge in [0.1, 0.15) is 12.4 Å². The van der Waals surface area contributed by atoms with Gasteiger partial charge in [0.2, 0.25) is 0 Å². The van der Waals surface area contributed by atoms with E-state index in [1.807, 2.05) is 24.7 Å². The maximum absolute atomic E-state index is 5.84. The minimum Gasteiger partial charge on any atom is -0.492 e. The van der Waals surface area contributed by atoms with Crippen LogP contribution in [-0.4, -0.2) is 29.2 Å². The molecule has 0 bridgehead atoms. The predicted octanol–water partition coefficient (Wildman–Crippen LogP) is 2.74. The Morgan fingerprint density at radius 2 is 2.19 bits per heavy atom. The Hall–Kier alpha value is -1.81. The molecule has 1 aliphatic rings. The molecule has 0 radical (unpaired) electrons. The standard InChI is InChI=1S/C17H23N3O/c1-14-3-2-4-16(11-14)21-10-9-20-13-19-12-17(20)15-5-7-18-8-6-15/h2-4,11-13,15,18H,5-10H2,1H3. The predicted molar refractivity (Wildman–Crippen MR) is 83.7 cm³/mol. The van der Waals surface area contributed by atoms with Crippen LogP contribution >= 0.6 is 0 Å². The quantitative estimate of drug-likeness (QED) is 0.918. The average Bonchev–Trinajstić information content (AvgIpc) is 2.97. The van der Waals surface area contributed by atoms with Gasteiger partial charge in [-0.1, -0.05) is 12.1 Å². The summed E-state index contributed by atoms with van der Waals surface area (Å²) in [5.41, 5.74) is 2.58. The molecule has 0 aliphatic carbocycles. The molecular formula is C17H23N3O. The van der Waals surface area contributed by atoms with E-state index in [1.165, 1.54) is 24.1 Å². The number of piperidine rings is 1. The second-order valence-corrected chi connectivity index (χ2v) is 5.70. The van der Waals surface area contributed by atoms with E-state index in [0.29, 0.717) is 12.5 Å². The minimum atomic E-state index is 0.632. The molecule has 3 rings (SSSR count). The number of aromatic nitrogens is 2. The summed E-state index contributed by atoms with van der Waals surface area (Å²) in [6.07, 6.45) is 6.34. The van der Waals surface area contributed by atoms with Crippen molar-refractivity contribution in [1.29, 1.82) is 0 Å². The van der Waals surface area contributed by atoms with Crippen LogP contribution in [-0.2, 0) is 6.54 Å². The number of benzene rings is 1. The highest BCUT2D eigenvalue weighted by Crippen LogP contribution is 2.24. The van der Waals surface area contributed by atoms with E-state index in [1.54, 1.807) is 0 Å². The number of aryl methyl sites for hydroxylation is 1. The molecule has 1 saturated heterocycles. The molecule has 0 unspecified atom stereocenters. The highest BCUT2D eigenvalue weighted by molar-refractivity contribution is 5.27. The zero-order chi connectivity index (χ0) is 14.5. The molecular weight excluding hydrogens is 262 g/mol. The van der Waals surface area contributed by atoms with E-state index in [2.05, 4.69) is 33.9 Å². The van der Waals surface area contributed by atoms with Crippen LogP contribution in [0, 0.1) is 6.92 Å². The Bertz CT molecular complexity index is 573. The lowest BCUT2D eigenvalue weighted by molar-refractivity contribution is 0.293. The van der Waals surface area contributed by atoms with Gasteiger partial charge in [0, 0.05) is 17.8 Å². The third-order valence-corrected chi connectivity index (χ3v) is 4.09. The normalized spacial score (nSPS) is 16.0. The van der Waals surface area contributed by atoms with Crippen LogP contribution in [0.15, 0.2) is 36.8 Å². The molecule has 4 nitrogen and oxygen atoms in total. The fourth-order valence-electron chi connectivity index (χ4n) is 2.94. The van der Waals surface area contributed by atoms with Crippen LogP contribution in [0.3, 0.4) is 0 Å². The van der Waals surface area contributed by atoms with Crippen molar-refractivity contribution < 1.29 is 4.74 Å². The van der Waals surface area contributed by atoms with Gasteiger partial charge < -0.3 is 14.6 Å². The van der Waals surface area contributed by atoms with Crippen molar-refractivity contribution in [2.75, 3.05) is 19.7 Å². The van der Waals surface area contributed by atoms with Gasteiger partial charge in [-0.05, 0) is 50.6 Å². The molecule has 1 aliphatic heterocycles. The van der Waals surface area contributed by atoms with Crippen molar-refractivity contribution in [3.63, 3.8) is 0 Å². The largest absolute Gasteiger partial charge is 0.492 e. The van der Waals surface area contributed by atoms with Crippen molar-refractivity contribution >= 4 is 0 Å². The number of hydrogen-bond acceptors (Lipinski definition) is 3. The minimum absolute atomic E-state index is 0.632. The fourth-order valence-corrected chi connectivity index (χ4v) is 2.94. The van der Waals surface area contributed by atoms with Crippen LogP contribution in [0.1, 0.15) is 30.0 Å². The average molecular weight is 285 g/mol. The Kier molecular flexibility index (Phi) is 4.55. The number of nitrogens with one attached hydrogen (secondary N) is 1. The van der Waals surface area contributed by atoms with E-state index in [9.17, 15) is 0 Å². The Balaban J connectivity index is 1.57. The first-order valence-electron chi connectivity index (χ1n) is 7.73. The summed E-state index contributed by atoms with van der Waals surface area (Å²) in [5.74, 6) is 1.58. The highest BCUT2D eigenvalue weighted by atomic mass is 16.5. The van der Waals surface area contributed by atoms with Crippen LogP contribution < -0.4 is 10.1 Å². The summed E-state index contributed by atoms with van der Waals surface area (Å²) in [7, 11) is 0. The van der Waals surface area contributed by atoms with Crippen molar-refractivity contribution in [3.8, 4) is 5.75 Å². The lowest BCUT2D eigenvalue weighted by Gasteiger charge is -2.23. The molecule has 1 aromatic heterocycles. The van der Waals surface area contributed by atoms with Gasteiger partial charge in [-0.25, -0.2) is 4.98 Å². The van der Waals surface area contributed by atoms with Crippen LogP contribution in [0.4, 0.5) is 0 Å². The first-order valence-corrected chi connectivity index (χ1v) is 7.73. The van der Waals surface area contributed by atoms with E-state index in [0.717, 1.165) is 25.4 Å². The Morgan fingerprint density at radius 3 is 3.00 bits per heavy atom. The molecule has 4 heteroatoms. The molecule has 2 heterocycles. The summed E-state index contributed by atoms with van der Waals surface area (Å²) >= 11 is 0. The highest BCUT2D eigenvalue weighted by Gasteiger charge is 2.18. The van der Waals surface area contributed by atoms with Crippen LogP contribution in [0.25, 0.3) is 0 Å². The Morgan fingerprint density at radius 1 is 1.33 bits per heavy atom. The van der Waals surface area contributed by atoms with Crippen molar-refractivity contribution in [3.05, 3.63) is 48.0 Å². The summed E-state index contributed by atoms with van der Waals surface area (Å²) in [6, 6.07) is 8.19. The second-order valence-electron chi connectivity index (χ2n) is 5.70. The molecule has 0 saturated carbocycles. The van der Waals surface area contributed by atoms with E-state index >= 15 is 0 Å². The Labute approximate surface area is 126 Å². The molecule has 21 heavy (non-hydrogen) atoms. The van der Waals surface area contributed by atoms with Crippen molar-refractivity contribution in [1.82, 2.24) is 14.9 Å². The number of rotatable bonds is 5. The molecule has 2 aromatic rings. The topological polar surface area (TPSA) is 39.1 Å². The lowest BCUT2D eigenvalue weighted by atomic mass is 9.95.